The fourth-order valence-corrected chi connectivity index (χ4v) is 2.74. The predicted octanol–water partition coefficient (Wildman–Crippen LogP) is 1.73. The van der Waals surface area contributed by atoms with Crippen molar-refractivity contribution in [2.45, 2.75) is 51.7 Å². The zero-order chi connectivity index (χ0) is 14.5. The third-order valence-electron chi connectivity index (χ3n) is 3.91. The number of nitrogens with zero attached hydrogens (tertiary/aromatic N) is 1. The number of carbonyl (C=O) groups is 2. The van der Waals surface area contributed by atoms with Gasteiger partial charge in [0.05, 0.1) is 24.9 Å². The Morgan fingerprint density at radius 1 is 1.50 bits per heavy atom. The lowest BCUT2D eigenvalue weighted by molar-refractivity contribution is -0.131. The van der Waals surface area contributed by atoms with Gasteiger partial charge in [0, 0.05) is 0 Å². The molecular weight excluding hydrogens is 256 g/mol. The number of amides is 1. The Morgan fingerprint density at radius 3 is 2.95 bits per heavy atom. The molecule has 20 heavy (non-hydrogen) atoms. The monoisotopic (exact) mass is 278 g/mol. The smallest absolute Gasteiger partial charge is 0.237 e. The van der Waals surface area contributed by atoms with Gasteiger partial charge < -0.3 is 9.73 Å². The van der Waals surface area contributed by atoms with Gasteiger partial charge in [0.2, 0.25) is 5.91 Å². The van der Waals surface area contributed by atoms with Crippen molar-refractivity contribution in [2.75, 3.05) is 6.54 Å². The van der Waals surface area contributed by atoms with E-state index in [9.17, 15) is 9.59 Å². The van der Waals surface area contributed by atoms with Crippen molar-refractivity contribution in [1.82, 2.24) is 10.2 Å². The summed E-state index contributed by atoms with van der Waals surface area (Å²) < 4.78 is 5.19. The van der Waals surface area contributed by atoms with Crippen LogP contribution in [0.25, 0.3) is 0 Å². The second-order valence-electron chi connectivity index (χ2n) is 5.33. The summed E-state index contributed by atoms with van der Waals surface area (Å²) in [6.45, 7) is 4.66. The van der Waals surface area contributed by atoms with Crippen molar-refractivity contribution in [2.24, 2.45) is 0 Å². The number of piperidine rings is 1. The fraction of sp³-hybridized carbons (Fsp3) is 0.600. The molecule has 0 aliphatic carbocycles. The van der Waals surface area contributed by atoms with Gasteiger partial charge in [-0.3, -0.25) is 14.5 Å². The highest BCUT2D eigenvalue weighted by Gasteiger charge is 2.32. The van der Waals surface area contributed by atoms with Gasteiger partial charge >= 0.3 is 0 Å². The lowest BCUT2D eigenvalue weighted by Crippen LogP contribution is -2.53. The summed E-state index contributed by atoms with van der Waals surface area (Å²) in [6.07, 6.45) is 4.54. The number of likely N-dealkylation sites (tertiary alicyclic amines) is 1. The van der Waals surface area contributed by atoms with Gasteiger partial charge in [-0.25, -0.2) is 0 Å². The lowest BCUT2D eigenvalue weighted by atomic mass is 9.97. The number of hydrogen-bond acceptors (Lipinski definition) is 4. The minimum absolute atomic E-state index is 0.0606. The molecule has 1 aliphatic heterocycles. The molecule has 5 heteroatoms. The number of Topliss-reactive ketones (excluding diaryl/α,β-unsaturated/α-hetero) is 1. The highest BCUT2D eigenvalue weighted by molar-refractivity contribution is 5.85. The van der Waals surface area contributed by atoms with E-state index in [2.05, 4.69) is 5.32 Å². The van der Waals surface area contributed by atoms with Gasteiger partial charge in [-0.15, -0.1) is 0 Å². The van der Waals surface area contributed by atoms with Gasteiger partial charge in [-0.1, -0.05) is 6.42 Å². The van der Waals surface area contributed by atoms with Crippen LogP contribution in [0.15, 0.2) is 22.8 Å². The molecule has 2 rings (SSSR count). The summed E-state index contributed by atoms with van der Waals surface area (Å²) >= 11 is 0. The average Bonchev–Trinajstić information content (AvgIpc) is 2.97. The molecule has 2 heterocycles. The molecule has 1 amide bonds. The van der Waals surface area contributed by atoms with Crippen LogP contribution in [0, 0.1) is 0 Å². The molecule has 1 aromatic heterocycles. The molecule has 0 saturated carbocycles. The minimum Gasteiger partial charge on any atom is -0.467 e. The maximum atomic E-state index is 12.2. The Kier molecular flexibility index (Phi) is 4.95. The Hall–Kier alpha value is -1.62. The third kappa shape index (κ3) is 3.48. The van der Waals surface area contributed by atoms with Gasteiger partial charge in [0.15, 0.2) is 0 Å². The van der Waals surface area contributed by atoms with Crippen LogP contribution in [0.3, 0.4) is 0 Å². The maximum Gasteiger partial charge on any atom is 0.237 e. The standard InChI is InChI=1S/C15H22N2O3/c1-11(15(19)16-10-13-6-5-9-20-13)17-8-4-3-7-14(17)12(2)18/h5-6,9,11,14H,3-4,7-8,10H2,1-2H3,(H,16,19). The molecule has 1 aromatic rings. The number of hydrogen-bond donors (Lipinski definition) is 1. The molecule has 0 bridgehead atoms. The van der Waals surface area contributed by atoms with Crippen molar-refractivity contribution in [1.29, 1.82) is 0 Å². The van der Waals surface area contributed by atoms with Gasteiger partial charge in [-0.2, -0.15) is 0 Å². The summed E-state index contributed by atoms with van der Waals surface area (Å²) in [5, 5.41) is 2.86. The van der Waals surface area contributed by atoms with Crippen LogP contribution in [-0.2, 0) is 16.1 Å². The zero-order valence-corrected chi connectivity index (χ0v) is 12.1. The van der Waals surface area contributed by atoms with Crippen molar-refractivity contribution >= 4 is 11.7 Å². The third-order valence-corrected chi connectivity index (χ3v) is 3.91. The first-order chi connectivity index (χ1) is 9.59. The summed E-state index contributed by atoms with van der Waals surface area (Å²) in [5.41, 5.74) is 0. The SMILES string of the molecule is CC(=O)C1CCCCN1C(C)C(=O)NCc1ccco1. The maximum absolute atomic E-state index is 12.2. The second kappa shape index (κ2) is 6.70. The molecule has 0 spiro atoms. The van der Waals surface area contributed by atoms with Crippen LogP contribution in [0.5, 0.6) is 0 Å². The Bertz CT molecular complexity index is 456. The van der Waals surface area contributed by atoms with E-state index in [4.69, 9.17) is 4.42 Å². The van der Waals surface area contributed by atoms with Crippen LogP contribution < -0.4 is 5.32 Å². The van der Waals surface area contributed by atoms with E-state index >= 15 is 0 Å². The number of nitrogens with one attached hydrogen (secondary N) is 1. The van der Waals surface area contributed by atoms with Crippen molar-refractivity contribution in [3.63, 3.8) is 0 Å². The van der Waals surface area contributed by atoms with E-state index in [1.165, 1.54) is 0 Å². The van der Waals surface area contributed by atoms with E-state index in [-0.39, 0.29) is 23.8 Å². The first-order valence-electron chi connectivity index (χ1n) is 7.16. The summed E-state index contributed by atoms with van der Waals surface area (Å²) in [5.74, 6) is 0.817. The molecule has 1 N–H and O–H groups in total. The summed E-state index contributed by atoms with van der Waals surface area (Å²) in [6, 6.07) is 3.21. The molecule has 2 atom stereocenters. The Labute approximate surface area is 119 Å². The van der Waals surface area contributed by atoms with E-state index in [0.29, 0.717) is 6.54 Å². The largest absolute Gasteiger partial charge is 0.467 e. The quantitative estimate of drug-likeness (QED) is 0.891. The fourth-order valence-electron chi connectivity index (χ4n) is 2.74. The van der Waals surface area contributed by atoms with Gasteiger partial charge in [-0.05, 0) is 45.4 Å². The first-order valence-corrected chi connectivity index (χ1v) is 7.16. The highest BCUT2D eigenvalue weighted by Crippen LogP contribution is 2.20. The highest BCUT2D eigenvalue weighted by atomic mass is 16.3. The van der Waals surface area contributed by atoms with Gasteiger partial charge in [0.25, 0.3) is 0 Å². The van der Waals surface area contributed by atoms with Crippen LogP contribution >= 0.6 is 0 Å². The number of carbonyl (C=O) groups excluding carboxylic acids is 2. The lowest BCUT2D eigenvalue weighted by Gasteiger charge is -2.37. The van der Waals surface area contributed by atoms with E-state index in [1.54, 1.807) is 19.3 Å². The molecule has 0 aromatic carbocycles. The molecule has 1 aliphatic rings. The molecule has 0 radical (unpaired) electrons. The molecule has 1 saturated heterocycles. The Balaban J connectivity index is 1.92. The van der Waals surface area contributed by atoms with Crippen molar-refractivity contribution in [3.05, 3.63) is 24.2 Å². The predicted molar refractivity (Wildman–Crippen MR) is 75.0 cm³/mol. The van der Waals surface area contributed by atoms with Crippen LogP contribution in [0.1, 0.15) is 38.9 Å². The topological polar surface area (TPSA) is 62.6 Å². The molecule has 5 nitrogen and oxygen atoms in total. The Morgan fingerprint density at radius 2 is 2.30 bits per heavy atom. The second-order valence-corrected chi connectivity index (χ2v) is 5.33. The number of furan rings is 1. The van der Waals surface area contributed by atoms with Gasteiger partial charge in [0.1, 0.15) is 11.5 Å². The number of rotatable bonds is 5. The molecular formula is C15H22N2O3. The molecule has 2 unspecified atom stereocenters. The summed E-state index contributed by atoms with van der Waals surface area (Å²) in [4.78, 5) is 25.9. The number of ketones is 1. The minimum atomic E-state index is -0.292. The van der Waals surface area contributed by atoms with Crippen LogP contribution in [0.2, 0.25) is 0 Å². The molecule has 1 fully saturated rings. The van der Waals surface area contributed by atoms with Crippen molar-refractivity contribution < 1.29 is 14.0 Å². The zero-order valence-electron chi connectivity index (χ0n) is 12.1. The van der Waals surface area contributed by atoms with E-state index in [1.807, 2.05) is 17.9 Å². The molecule has 110 valence electrons. The van der Waals surface area contributed by atoms with Crippen LogP contribution in [-0.4, -0.2) is 35.2 Å². The van der Waals surface area contributed by atoms with E-state index in [0.717, 1.165) is 31.6 Å². The van der Waals surface area contributed by atoms with Crippen LogP contribution in [0.4, 0.5) is 0 Å². The average molecular weight is 278 g/mol. The van der Waals surface area contributed by atoms with Crippen molar-refractivity contribution in [3.8, 4) is 0 Å². The van der Waals surface area contributed by atoms with E-state index < -0.39 is 0 Å². The normalized spacial score (nSPS) is 21.4. The first kappa shape index (κ1) is 14.8. The summed E-state index contributed by atoms with van der Waals surface area (Å²) in [7, 11) is 0.